The van der Waals surface area contributed by atoms with Gasteiger partial charge in [-0.05, 0) is 37.5 Å². The smallest absolute Gasteiger partial charge is 0.282 e. The van der Waals surface area contributed by atoms with Crippen molar-refractivity contribution in [3.05, 3.63) is 23.8 Å². The number of nitrogens with two attached hydrogens (primary N) is 1. The summed E-state index contributed by atoms with van der Waals surface area (Å²) in [5.74, 6) is 1.63. The van der Waals surface area contributed by atoms with Gasteiger partial charge in [-0.1, -0.05) is 6.07 Å². The highest BCUT2D eigenvalue weighted by Gasteiger charge is 2.31. The number of nitrogens with zero attached hydrogens (tertiary/aromatic N) is 1. The third kappa shape index (κ3) is 2.08. The first kappa shape index (κ1) is 11.2. The Kier molecular flexibility index (Phi) is 2.54. The van der Waals surface area contributed by atoms with E-state index in [9.17, 15) is 0 Å². The SMILES string of the molecule is CC1(CCc2ccc3c(c2)OCO3)CN=C(N)O1. The van der Waals surface area contributed by atoms with E-state index >= 15 is 0 Å². The highest BCUT2D eigenvalue weighted by Crippen LogP contribution is 2.33. The zero-order valence-electron chi connectivity index (χ0n) is 10.3. The third-order valence-electron chi connectivity index (χ3n) is 3.30. The lowest BCUT2D eigenvalue weighted by Gasteiger charge is -2.22. The Morgan fingerprint density at radius 3 is 2.94 bits per heavy atom. The molecule has 0 radical (unpaired) electrons. The Labute approximate surface area is 106 Å². The van der Waals surface area contributed by atoms with Gasteiger partial charge in [0.2, 0.25) is 6.79 Å². The summed E-state index contributed by atoms with van der Waals surface area (Å²) in [5, 5.41) is 0. The van der Waals surface area contributed by atoms with E-state index in [0.717, 1.165) is 24.3 Å². The first-order valence-corrected chi connectivity index (χ1v) is 6.02. The number of rotatable bonds is 3. The van der Waals surface area contributed by atoms with Crippen molar-refractivity contribution in [2.45, 2.75) is 25.4 Å². The van der Waals surface area contributed by atoms with E-state index in [-0.39, 0.29) is 5.60 Å². The molecule has 2 aliphatic rings. The van der Waals surface area contributed by atoms with Crippen LogP contribution in [0.15, 0.2) is 23.2 Å². The summed E-state index contributed by atoms with van der Waals surface area (Å²) in [7, 11) is 0. The maximum Gasteiger partial charge on any atom is 0.282 e. The van der Waals surface area contributed by atoms with Crippen LogP contribution in [0.1, 0.15) is 18.9 Å². The normalized spacial score (nSPS) is 24.8. The monoisotopic (exact) mass is 248 g/mol. The molecule has 5 heteroatoms. The zero-order valence-corrected chi connectivity index (χ0v) is 10.3. The highest BCUT2D eigenvalue weighted by atomic mass is 16.7. The predicted molar refractivity (Wildman–Crippen MR) is 66.9 cm³/mol. The summed E-state index contributed by atoms with van der Waals surface area (Å²) in [6, 6.07) is 6.31. The van der Waals surface area contributed by atoms with E-state index in [2.05, 4.69) is 11.1 Å². The average Bonchev–Trinajstić information content (AvgIpc) is 2.93. The van der Waals surface area contributed by atoms with Crippen molar-refractivity contribution >= 4 is 6.02 Å². The molecule has 0 saturated heterocycles. The fraction of sp³-hybridized carbons (Fsp3) is 0.462. The van der Waals surface area contributed by atoms with Crippen LogP contribution in [0, 0.1) is 0 Å². The van der Waals surface area contributed by atoms with Gasteiger partial charge in [-0.3, -0.25) is 0 Å². The Bertz CT molecular complexity index is 501. The molecule has 2 heterocycles. The summed E-state index contributed by atoms with van der Waals surface area (Å²) in [6.07, 6.45) is 1.77. The highest BCUT2D eigenvalue weighted by molar-refractivity contribution is 5.73. The van der Waals surface area contributed by atoms with Crippen LogP contribution < -0.4 is 15.2 Å². The van der Waals surface area contributed by atoms with Gasteiger partial charge in [0, 0.05) is 0 Å². The molecular formula is C13H16N2O3. The van der Waals surface area contributed by atoms with Crippen molar-refractivity contribution in [3.8, 4) is 11.5 Å². The number of fused-ring (bicyclic) bond motifs is 1. The standard InChI is InChI=1S/C13H16N2O3/c1-13(7-15-12(14)18-13)5-4-9-2-3-10-11(6-9)17-8-16-10/h2-3,6H,4-5,7-8H2,1H3,(H2,14,15). The Hall–Kier alpha value is -1.91. The lowest BCUT2D eigenvalue weighted by molar-refractivity contribution is 0.0968. The van der Waals surface area contributed by atoms with Crippen LogP contribution in [0.25, 0.3) is 0 Å². The van der Waals surface area contributed by atoms with Crippen molar-refractivity contribution in [3.63, 3.8) is 0 Å². The molecule has 0 aromatic heterocycles. The van der Waals surface area contributed by atoms with Crippen LogP contribution >= 0.6 is 0 Å². The van der Waals surface area contributed by atoms with Gasteiger partial charge in [0.25, 0.3) is 6.02 Å². The van der Waals surface area contributed by atoms with E-state index in [1.54, 1.807) is 0 Å². The molecule has 3 rings (SSSR count). The van der Waals surface area contributed by atoms with Crippen LogP contribution in [-0.4, -0.2) is 25.0 Å². The summed E-state index contributed by atoms with van der Waals surface area (Å²) in [4.78, 5) is 4.09. The van der Waals surface area contributed by atoms with E-state index in [4.69, 9.17) is 19.9 Å². The van der Waals surface area contributed by atoms with Crippen molar-refractivity contribution in [1.82, 2.24) is 0 Å². The molecule has 18 heavy (non-hydrogen) atoms. The van der Waals surface area contributed by atoms with Crippen molar-refractivity contribution < 1.29 is 14.2 Å². The average molecular weight is 248 g/mol. The second-order valence-electron chi connectivity index (χ2n) is 4.89. The van der Waals surface area contributed by atoms with Gasteiger partial charge >= 0.3 is 0 Å². The molecule has 0 spiro atoms. The van der Waals surface area contributed by atoms with Crippen LogP contribution in [0.3, 0.4) is 0 Å². The number of benzene rings is 1. The minimum atomic E-state index is -0.277. The van der Waals surface area contributed by atoms with Gasteiger partial charge in [0.15, 0.2) is 11.5 Å². The van der Waals surface area contributed by atoms with Crippen LogP contribution in [-0.2, 0) is 11.2 Å². The van der Waals surface area contributed by atoms with Gasteiger partial charge in [0.05, 0.1) is 6.54 Å². The summed E-state index contributed by atoms with van der Waals surface area (Å²) < 4.78 is 16.2. The first-order chi connectivity index (χ1) is 8.65. The van der Waals surface area contributed by atoms with E-state index < -0.39 is 0 Å². The third-order valence-corrected chi connectivity index (χ3v) is 3.30. The largest absolute Gasteiger partial charge is 0.457 e. The second kappa shape index (κ2) is 4.08. The Morgan fingerprint density at radius 2 is 2.17 bits per heavy atom. The zero-order chi connectivity index (χ0) is 12.6. The molecule has 0 amide bonds. The fourth-order valence-electron chi connectivity index (χ4n) is 2.20. The molecule has 1 aromatic carbocycles. The number of hydrogen-bond acceptors (Lipinski definition) is 5. The van der Waals surface area contributed by atoms with Gasteiger partial charge in [0.1, 0.15) is 5.60 Å². The number of aryl methyl sites for hydroxylation is 1. The molecule has 0 bridgehead atoms. The van der Waals surface area contributed by atoms with Crippen LogP contribution in [0.5, 0.6) is 11.5 Å². The molecule has 0 aliphatic carbocycles. The van der Waals surface area contributed by atoms with Crippen LogP contribution in [0.4, 0.5) is 0 Å². The fourth-order valence-corrected chi connectivity index (χ4v) is 2.20. The molecule has 1 aromatic rings. The number of ether oxygens (including phenoxy) is 3. The van der Waals surface area contributed by atoms with Gasteiger partial charge in [-0.2, -0.15) is 0 Å². The summed E-state index contributed by atoms with van der Waals surface area (Å²) in [5.41, 5.74) is 6.47. The lowest BCUT2D eigenvalue weighted by atomic mass is 9.97. The van der Waals surface area contributed by atoms with E-state index in [1.807, 2.05) is 19.1 Å². The molecule has 2 aliphatic heterocycles. The summed E-state index contributed by atoms with van der Waals surface area (Å²) >= 11 is 0. The summed E-state index contributed by atoms with van der Waals surface area (Å²) in [6.45, 7) is 2.97. The van der Waals surface area contributed by atoms with Crippen molar-refractivity contribution in [2.24, 2.45) is 10.7 Å². The maximum absolute atomic E-state index is 5.54. The van der Waals surface area contributed by atoms with Crippen molar-refractivity contribution in [2.75, 3.05) is 13.3 Å². The van der Waals surface area contributed by atoms with E-state index in [1.165, 1.54) is 5.56 Å². The van der Waals surface area contributed by atoms with Gasteiger partial charge < -0.3 is 19.9 Å². The Balaban J connectivity index is 1.64. The maximum atomic E-state index is 5.54. The minimum absolute atomic E-state index is 0.277. The first-order valence-electron chi connectivity index (χ1n) is 6.02. The topological polar surface area (TPSA) is 66.1 Å². The molecular weight excluding hydrogens is 232 g/mol. The van der Waals surface area contributed by atoms with Crippen LogP contribution in [0.2, 0.25) is 0 Å². The lowest BCUT2D eigenvalue weighted by Crippen LogP contribution is -2.31. The van der Waals surface area contributed by atoms with Gasteiger partial charge in [-0.15, -0.1) is 0 Å². The number of aliphatic imine (C=N–C) groups is 1. The molecule has 1 atom stereocenters. The second-order valence-corrected chi connectivity index (χ2v) is 4.89. The minimum Gasteiger partial charge on any atom is -0.457 e. The predicted octanol–water partition coefficient (Wildman–Crippen LogP) is 1.45. The van der Waals surface area contributed by atoms with E-state index in [0.29, 0.717) is 19.4 Å². The van der Waals surface area contributed by atoms with Gasteiger partial charge in [-0.25, -0.2) is 4.99 Å². The molecule has 0 saturated carbocycles. The van der Waals surface area contributed by atoms with Crippen molar-refractivity contribution in [1.29, 1.82) is 0 Å². The Morgan fingerprint density at radius 1 is 1.33 bits per heavy atom. The number of hydrogen-bond donors (Lipinski definition) is 1. The molecule has 0 fully saturated rings. The molecule has 5 nitrogen and oxygen atoms in total. The molecule has 96 valence electrons. The molecule has 2 N–H and O–H groups in total. The number of amidine groups is 1. The quantitative estimate of drug-likeness (QED) is 0.879. The molecule has 1 unspecified atom stereocenters.